The van der Waals surface area contributed by atoms with Crippen LogP contribution < -0.4 is 5.73 Å². The molecule has 1 atom stereocenters. The third-order valence-corrected chi connectivity index (χ3v) is 2.81. The Hall–Kier alpha value is -0.810. The van der Waals surface area contributed by atoms with Crippen LogP contribution in [0.2, 0.25) is 0 Å². The SMILES string of the molecule is CC(=O)N1CCN(C(=O)C(C)CN)CC1.Cl. The Labute approximate surface area is 102 Å². The quantitative estimate of drug-likeness (QED) is 0.730. The van der Waals surface area contributed by atoms with Gasteiger partial charge in [0.05, 0.1) is 0 Å². The Morgan fingerprint density at radius 2 is 1.62 bits per heavy atom. The number of piperazine rings is 1. The monoisotopic (exact) mass is 249 g/mol. The number of carbonyl (C=O) groups excluding carboxylic acids is 2. The second-order valence-electron chi connectivity index (χ2n) is 3.97. The number of nitrogens with zero attached hydrogens (tertiary/aromatic N) is 2. The van der Waals surface area contributed by atoms with Gasteiger partial charge in [0, 0.05) is 45.6 Å². The van der Waals surface area contributed by atoms with Gasteiger partial charge in [-0.25, -0.2) is 0 Å². The van der Waals surface area contributed by atoms with E-state index in [0.717, 1.165) is 0 Å². The summed E-state index contributed by atoms with van der Waals surface area (Å²) >= 11 is 0. The lowest BCUT2D eigenvalue weighted by atomic mass is 10.1. The highest BCUT2D eigenvalue weighted by Gasteiger charge is 2.24. The lowest BCUT2D eigenvalue weighted by molar-refractivity contribution is -0.140. The summed E-state index contributed by atoms with van der Waals surface area (Å²) in [6.07, 6.45) is 0. The lowest BCUT2D eigenvalue weighted by Gasteiger charge is -2.35. The average Bonchev–Trinajstić information content (AvgIpc) is 2.27. The molecule has 5 nitrogen and oxygen atoms in total. The molecule has 1 saturated heterocycles. The molecule has 2 N–H and O–H groups in total. The first-order valence-electron chi connectivity index (χ1n) is 5.30. The van der Waals surface area contributed by atoms with Gasteiger partial charge in [-0.2, -0.15) is 0 Å². The molecule has 0 aromatic rings. The summed E-state index contributed by atoms with van der Waals surface area (Å²) < 4.78 is 0. The molecule has 94 valence electrons. The first kappa shape index (κ1) is 15.2. The molecule has 0 aliphatic carbocycles. The number of hydrogen-bond donors (Lipinski definition) is 1. The van der Waals surface area contributed by atoms with Crippen LogP contribution in [0.1, 0.15) is 13.8 Å². The van der Waals surface area contributed by atoms with Gasteiger partial charge in [0.25, 0.3) is 0 Å². The Kier molecular flexibility index (Phi) is 6.36. The van der Waals surface area contributed by atoms with Crippen molar-refractivity contribution in [2.24, 2.45) is 11.7 Å². The first-order valence-corrected chi connectivity index (χ1v) is 5.30. The molecule has 1 aliphatic rings. The smallest absolute Gasteiger partial charge is 0.226 e. The predicted octanol–water partition coefficient (Wildman–Crippen LogP) is -0.306. The molecule has 0 saturated carbocycles. The third kappa shape index (κ3) is 3.64. The lowest BCUT2D eigenvalue weighted by Crippen LogP contribution is -2.51. The van der Waals surface area contributed by atoms with Crippen LogP contribution in [-0.4, -0.2) is 54.3 Å². The zero-order valence-corrected chi connectivity index (χ0v) is 10.6. The van der Waals surface area contributed by atoms with Gasteiger partial charge in [0.15, 0.2) is 0 Å². The van der Waals surface area contributed by atoms with Crippen LogP contribution in [0.4, 0.5) is 0 Å². The zero-order valence-electron chi connectivity index (χ0n) is 9.81. The molecule has 1 rings (SSSR count). The summed E-state index contributed by atoms with van der Waals surface area (Å²) in [5, 5.41) is 0. The topological polar surface area (TPSA) is 66.6 Å². The van der Waals surface area contributed by atoms with Crippen molar-refractivity contribution >= 4 is 24.2 Å². The van der Waals surface area contributed by atoms with E-state index in [4.69, 9.17) is 5.73 Å². The maximum Gasteiger partial charge on any atom is 0.226 e. The highest BCUT2D eigenvalue weighted by Crippen LogP contribution is 2.06. The van der Waals surface area contributed by atoms with Gasteiger partial charge < -0.3 is 15.5 Å². The number of nitrogens with two attached hydrogens (primary N) is 1. The number of carbonyl (C=O) groups is 2. The zero-order chi connectivity index (χ0) is 11.4. The average molecular weight is 250 g/mol. The highest BCUT2D eigenvalue weighted by atomic mass is 35.5. The van der Waals surface area contributed by atoms with Crippen molar-refractivity contribution in [2.75, 3.05) is 32.7 Å². The fraction of sp³-hybridized carbons (Fsp3) is 0.800. The summed E-state index contributed by atoms with van der Waals surface area (Å²) in [4.78, 5) is 26.4. The van der Waals surface area contributed by atoms with Crippen molar-refractivity contribution in [3.8, 4) is 0 Å². The molecule has 0 aromatic carbocycles. The Morgan fingerprint density at radius 1 is 1.19 bits per heavy atom. The van der Waals surface area contributed by atoms with Gasteiger partial charge in [-0.1, -0.05) is 6.92 Å². The molecule has 0 spiro atoms. The van der Waals surface area contributed by atoms with Crippen molar-refractivity contribution in [1.29, 1.82) is 0 Å². The highest BCUT2D eigenvalue weighted by molar-refractivity contribution is 5.85. The van der Waals surface area contributed by atoms with Crippen molar-refractivity contribution in [3.63, 3.8) is 0 Å². The van der Waals surface area contributed by atoms with Crippen LogP contribution in [0.5, 0.6) is 0 Å². The Bertz CT molecular complexity index is 252. The summed E-state index contributed by atoms with van der Waals surface area (Å²) in [5.74, 6) is 0.0588. The summed E-state index contributed by atoms with van der Waals surface area (Å²) in [5.41, 5.74) is 5.44. The fourth-order valence-electron chi connectivity index (χ4n) is 1.65. The maximum atomic E-state index is 11.7. The Morgan fingerprint density at radius 3 is 2.00 bits per heavy atom. The van der Waals surface area contributed by atoms with Gasteiger partial charge in [-0.3, -0.25) is 9.59 Å². The van der Waals surface area contributed by atoms with Gasteiger partial charge >= 0.3 is 0 Å². The fourth-order valence-corrected chi connectivity index (χ4v) is 1.65. The molecule has 0 aromatic heterocycles. The number of amides is 2. The minimum absolute atomic E-state index is 0. The number of rotatable bonds is 2. The molecule has 6 heteroatoms. The third-order valence-electron chi connectivity index (χ3n) is 2.81. The summed E-state index contributed by atoms with van der Waals surface area (Å²) in [6, 6.07) is 0. The minimum atomic E-state index is -0.117. The molecule has 2 amide bonds. The molecular weight excluding hydrogens is 230 g/mol. The molecule has 1 fully saturated rings. The van der Waals surface area contributed by atoms with E-state index in [2.05, 4.69) is 0 Å². The van der Waals surface area contributed by atoms with Crippen LogP contribution in [0.25, 0.3) is 0 Å². The second kappa shape index (κ2) is 6.70. The second-order valence-corrected chi connectivity index (χ2v) is 3.97. The maximum absolute atomic E-state index is 11.7. The van der Waals surface area contributed by atoms with E-state index in [0.29, 0.717) is 32.7 Å². The van der Waals surface area contributed by atoms with Crippen LogP contribution in [-0.2, 0) is 9.59 Å². The van der Waals surface area contributed by atoms with Crippen LogP contribution in [0.15, 0.2) is 0 Å². The number of halogens is 1. The van der Waals surface area contributed by atoms with Crippen LogP contribution in [0.3, 0.4) is 0 Å². The van der Waals surface area contributed by atoms with E-state index in [1.165, 1.54) is 0 Å². The van der Waals surface area contributed by atoms with Crippen LogP contribution >= 0.6 is 12.4 Å². The van der Waals surface area contributed by atoms with E-state index in [9.17, 15) is 9.59 Å². The molecule has 1 unspecified atom stereocenters. The van der Waals surface area contributed by atoms with Crippen molar-refractivity contribution in [3.05, 3.63) is 0 Å². The van der Waals surface area contributed by atoms with E-state index >= 15 is 0 Å². The normalized spacial score (nSPS) is 17.7. The van der Waals surface area contributed by atoms with E-state index < -0.39 is 0 Å². The predicted molar refractivity (Wildman–Crippen MR) is 64.3 cm³/mol. The largest absolute Gasteiger partial charge is 0.339 e. The molecule has 1 aliphatic heterocycles. The van der Waals surface area contributed by atoms with E-state index in [1.54, 1.807) is 16.7 Å². The van der Waals surface area contributed by atoms with Gasteiger partial charge in [0.1, 0.15) is 0 Å². The van der Waals surface area contributed by atoms with Gasteiger partial charge in [-0.05, 0) is 0 Å². The molecule has 1 heterocycles. The molecule has 0 radical (unpaired) electrons. The van der Waals surface area contributed by atoms with Crippen molar-refractivity contribution in [1.82, 2.24) is 9.80 Å². The van der Waals surface area contributed by atoms with Crippen molar-refractivity contribution in [2.45, 2.75) is 13.8 Å². The number of hydrogen-bond acceptors (Lipinski definition) is 3. The van der Waals surface area contributed by atoms with Gasteiger partial charge in [-0.15, -0.1) is 12.4 Å². The molecule has 16 heavy (non-hydrogen) atoms. The van der Waals surface area contributed by atoms with Gasteiger partial charge in [0.2, 0.25) is 11.8 Å². The summed E-state index contributed by atoms with van der Waals surface area (Å²) in [6.45, 7) is 6.30. The minimum Gasteiger partial charge on any atom is -0.339 e. The Balaban J connectivity index is 0.00000225. The standard InChI is InChI=1S/C10H19N3O2.ClH/c1-8(7-11)10(15)13-5-3-12(4-6-13)9(2)14;/h8H,3-7,11H2,1-2H3;1H. The van der Waals surface area contributed by atoms with Crippen LogP contribution in [0, 0.1) is 5.92 Å². The van der Waals surface area contributed by atoms with E-state index in [1.807, 2.05) is 6.92 Å². The first-order chi connectivity index (χ1) is 7.06. The van der Waals surface area contributed by atoms with Crippen molar-refractivity contribution < 1.29 is 9.59 Å². The van der Waals surface area contributed by atoms with E-state index in [-0.39, 0.29) is 30.1 Å². The molecule has 0 bridgehead atoms. The molecular formula is C10H20ClN3O2. The summed E-state index contributed by atoms with van der Waals surface area (Å²) in [7, 11) is 0.